The molecular formula is C34H38N6O. The summed E-state index contributed by atoms with van der Waals surface area (Å²) in [6, 6.07) is 33.1. The van der Waals surface area contributed by atoms with Gasteiger partial charge in [-0.15, -0.1) is 0 Å². The molecule has 0 aliphatic heterocycles. The SMILES string of the molecule is Cc1ccc(CC(=O)Nc2cc(-c3ccccc3/C(N)=N/N)ccc2NC2CCC(NCc3ccccc3)C2)cc1. The molecule has 0 radical (unpaired) electrons. The number of benzene rings is 4. The first-order valence-electron chi connectivity index (χ1n) is 14.1. The van der Waals surface area contributed by atoms with Gasteiger partial charge in [-0.3, -0.25) is 4.79 Å². The molecule has 1 fully saturated rings. The standard InChI is InChI=1S/C34H38N6O/c1-23-11-13-24(14-12-23)19-33(41)39-32-20-26(29-9-5-6-10-30(29)34(35)40-36)15-18-31(32)38-28-17-16-27(21-28)37-22-25-7-3-2-4-8-25/h2-15,18,20,27-28,37-38H,16-17,19,21-22,36H2,1H3,(H2,35,40)(H,39,41). The first-order chi connectivity index (χ1) is 20.0. The number of nitrogens with zero attached hydrogens (tertiary/aromatic N) is 1. The normalized spacial score (nSPS) is 16.9. The van der Waals surface area contributed by atoms with E-state index < -0.39 is 0 Å². The second kappa shape index (κ2) is 13.2. The van der Waals surface area contributed by atoms with Gasteiger partial charge in [0.1, 0.15) is 0 Å². The molecule has 0 aromatic heterocycles. The number of carbonyl (C=O) groups excluding carboxylic acids is 1. The van der Waals surface area contributed by atoms with Gasteiger partial charge in [-0.25, -0.2) is 0 Å². The van der Waals surface area contributed by atoms with Crippen molar-refractivity contribution in [3.63, 3.8) is 0 Å². The predicted molar refractivity (Wildman–Crippen MR) is 169 cm³/mol. The van der Waals surface area contributed by atoms with Gasteiger partial charge >= 0.3 is 0 Å². The van der Waals surface area contributed by atoms with E-state index in [9.17, 15) is 4.79 Å². The summed E-state index contributed by atoms with van der Waals surface area (Å²) < 4.78 is 0. The number of amidine groups is 1. The molecule has 1 amide bonds. The van der Waals surface area contributed by atoms with Crippen LogP contribution in [0.1, 0.15) is 41.5 Å². The van der Waals surface area contributed by atoms with Gasteiger partial charge in [0.05, 0.1) is 17.8 Å². The van der Waals surface area contributed by atoms with Crippen molar-refractivity contribution in [3.8, 4) is 11.1 Å². The summed E-state index contributed by atoms with van der Waals surface area (Å²) >= 11 is 0. The minimum atomic E-state index is -0.0702. The molecule has 7 N–H and O–H groups in total. The number of carbonyl (C=O) groups is 1. The van der Waals surface area contributed by atoms with Crippen LogP contribution in [-0.4, -0.2) is 23.8 Å². The maximum Gasteiger partial charge on any atom is 0.228 e. The molecule has 1 aliphatic carbocycles. The monoisotopic (exact) mass is 546 g/mol. The number of hydrogen-bond donors (Lipinski definition) is 5. The number of rotatable bonds is 10. The molecule has 7 heteroatoms. The van der Waals surface area contributed by atoms with Gasteiger partial charge in [0.25, 0.3) is 0 Å². The van der Waals surface area contributed by atoms with Crippen LogP contribution in [0.25, 0.3) is 11.1 Å². The van der Waals surface area contributed by atoms with Crippen LogP contribution in [0, 0.1) is 6.92 Å². The summed E-state index contributed by atoms with van der Waals surface area (Å²) in [5.41, 5.74) is 13.7. The van der Waals surface area contributed by atoms with E-state index in [1.807, 2.05) is 79.7 Å². The number of amides is 1. The number of nitrogens with two attached hydrogens (primary N) is 2. The van der Waals surface area contributed by atoms with E-state index in [-0.39, 0.29) is 11.7 Å². The molecule has 5 rings (SSSR count). The Morgan fingerprint density at radius 2 is 1.59 bits per heavy atom. The van der Waals surface area contributed by atoms with Crippen molar-refractivity contribution in [1.29, 1.82) is 0 Å². The van der Waals surface area contributed by atoms with E-state index in [2.05, 4.69) is 45.3 Å². The molecule has 4 aromatic carbocycles. The zero-order valence-electron chi connectivity index (χ0n) is 23.4. The van der Waals surface area contributed by atoms with Crippen LogP contribution < -0.4 is 27.5 Å². The smallest absolute Gasteiger partial charge is 0.228 e. The number of nitrogens with one attached hydrogen (secondary N) is 3. The molecule has 0 saturated heterocycles. The summed E-state index contributed by atoms with van der Waals surface area (Å²) in [5.74, 6) is 5.69. The molecule has 2 unspecified atom stereocenters. The Bertz CT molecular complexity index is 1500. The topological polar surface area (TPSA) is 118 Å². The number of anilines is 2. The summed E-state index contributed by atoms with van der Waals surface area (Å²) in [4.78, 5) is 13.2. The molecule has 7 nitrogen and oxygen atoms in total. The first kappa shape index (κ1) is 27.9. The Balaban J connectivity index is 1.35. The summed E-state index contributed by atoms with van der Waals surface area (Å²) in [6.07, 6.45) is 3.46. The van der Waals surface area contributed by atoms with Crippen molar-refractivity contribution in [2.75, 3.05) is 10.6 Å². The average Bonchev–Trinajstić information content (AvgIpc) is 3.45. The lowest BCUT2D eigenvalue weighted by Crippen LogP contribution is -2.28. The van der Waals surface area contributed by atoms with Crippen molar-refractivity contribution >= 4 is 23.1 Å². The molecule has 41 heavy (non-hydrogen) atoms. The molecule has 0 spiro atoms. The fraction of sp³-hybridized carbons (Fsp3) is 0.235. The van der Waals surface area contributed by atoms with Crippen molar-refractivity contribution in [1.82, 2.24) is 5.32 Å². The second-order valence-corrected chi connectivity index (χ2v) is 10.7. The quantitative estimate of drug-likeness (QED) is 0.0774. The van der Waals surface area contributed by atoms with Crippen molar-refractivity contribution in [2.45, 2.75) is 51.2 Å². The lowest BCUT2D eigenvalue weighted by atomic mass is 9.98. The predicted octanol–water partition coefficient (Wildman–Crippen LogP) is 5.55. The highest BCUT2D eigenvalue weighted by Gasteiger charge is 2.25. The highest BCUT2D eigenvalue weighted by atomic mass is 16.1. The zero-order chi connectivity index (χ0) is 28.6. The van der Waals surface area contributed by atoms with Crippen molar-refractivity contribution < 1.29 is 4.79 Å². The molecule has 210 valence electrons. The summed E-state index contributed by atoms with van der Waals surface area (Å²) in [6.45, 7) is 2.90. The van der Waals surface area contributed by atoms with Gasteiger partial charge in [-0.2, -0.15) is 5.10 Å². The summed E-state index contributed by atoms with van der Waals surface area (Å²) in [7, 11) is 0. The average molecular weight is 547 g/mol. The van der Waals surface area contributed by atoms with E-state index in [0.29, 0.717) is 18.5 Å². The number of hydrogen-bond acceptors (Lipinski definition) is 5. The molecule has 2 atom stereocenters. The minimum absolute atomic E-state index is 0.0702. The fourth-order valence-electron chi connectivity index (χ4n) is 5.43. The van der Waals surface area contributed by atoms with Crippen LogP contribution in [0.3, 0.4) is 0 Å². The Morgan fingerprint density at radius 3 is 2.37 bits per heavy atom. The molecule has 4 aromatic rings. The Morgan fingerprint density at radius 1 is 0.854 bits per heavy atom. The largest absolute Gasteiger partial charge is 0.382 e. The van der Waals surface area contributed by atoms with Crippen molar-refractivity contribution in [3.05, 3.63) is 119 Å². The Labute approximate surface area is 242 Å². The van der Waals surface area contributed by atoms with Gasteiger partial charge in [-0.05, 0) is 60.6 Å². The molecular weight excluding hydrogens is 508 g/mol. The highest BCUT2D eigenvalue weighted by Crippen LogP contribution is 2.33. The van der Waals surface area contributed by atoms with E-state index in [0.717, 1.165) is 59.4 Å². The number of aryl methyl sites for hydroxylation is 1. The number of hydrazone groups is 1. The van der Waals surface area contributed by atoms with Gasteiger partial charge < -0.3 is 27.5 Å². The van der Waals surface area contributed by atoms with Crippen LogP contribution in [0.4, 0.5) is 11.4 Å². The minimum Gasteiger partial charge on any atom is -0.382 e. The first-order valence-corrected chi connectivity index (χ1v) is 14.1. The van der Waals surface area contributed by atoms with Crippen LogP contribution in [0.5, 0.6) is 0 Å². The third-order valence-electron chi connectivity index (χ3n) is 7.66. The zero-order valence-corrected chi connectivity index (χ0v) is 23.4. The highest BCUT2D eigenvalue weighted by molar-refractivity contribution is 6.04. The van der Waals surface area contributed by atoms with E-state index in [1.54, 1.807) is 0 Å². The molecule has 0 heterocycles. The summed E-state index contributed by atoms with van der Waals surface area (Å²) in [5, 5.41) is 14.3. The fourth-order valence-corrected chi connectivity index (χ4v) is 5.43. The lowest BCUT2D eigenvalue weighted by Gasteiger charge is -2.20. The maximum atomic E-state index is 13.2. The second-order valence-electron chi connectivity index (χ2n) is 10.7. The van der Waals surface area contributed by atoms with Crippen molar-refractivity contribution in [2.24, 2.45) is 16.7 Å². The Kier molecular flexibility index (Phi) is 8.96. The third-order valence-corrected chi connectivity index (χ3v) is 7.66. The molecule has 0 bridgehead atoms. The van der Waals surface area contributed by atoms with Gasteiger partial charge in [-0.1, -0.05) is 90.5 Å². The van der Waals surface area contributed by atoms with E-state index in [4.69, 9.17) is 11.6 Å². The van der Waals surface area contributed by atoms with Crippen LogP contribution in [0.15, 0.2) is 102 Å². The van der Waals surface area contributed by atoms with Gasteiger partial charge in [0.15, 0.2) is 5.84 Å². The van der Waals surface area contributed by atoms with Gasteiger partial charge in [0, 0.05) is 24.2 Å². The molecule has 1 aliphatic rings. The van der Waals surface area contributed by atoms with E-state index in [1.165, 1.54) is 11.1 Å². The van der Waals surface area contributed by atoms with Crippen LogP contribution in [-0.2, 0) is 17.8 Å². The lowest BCUT2D eigenvalue weighted by molar-refractivity contribution is -0.115. The van der Waals surface area contributed by atoms with Crippen LogP contribution >= 0.6 is 0 Å². The van der Waals surface area contributed by atoms with Gasteiger partial charge in [0.2, 0.25) is 5.91 Å². The maximum absolute atomic E-state index is 13.2. The third kappa shape index (κ3) is 7.32. The van der Waals surface area contributed by atoms with E-state index >= 15 is 0 Å². The molecule has 1 saturated carbocycles. The van der Waals surface area contributed by atoms with Crippen LogP contribution in [0.2, 0.25) is 0 Å². The Hall–Kier alpha value is -4.62.